The van der Waals surface area contributed by atoms with E-state index in [1.807, 2.05) is 13.8 Å². The highest BCUT2D eigenvalue weighted by Crippen LogP contribution is 2.12. The van der Waals surface area contributed by atoms with Crippen LogP contribution in [-0.4, -0.2) is 52.7 Å². The molecule has 0 radical (unpaired) electrons. The second-order valence-electron chi connectivity index (χ2n) is 7.36. The molecular weight excluding hydrogens is 352 g/mol. The number of methoxy groups -OCH3 is 1. The Morgan fingerprint density at radius 3 is 2.41 bits per heavy atom. The minimum absolute atomic E-state index is 0.166. The molecule has 9 heteroatoms. The van der Waals surface area contributed by atoms with E-state index in [1.54, 1.807) is 27.0 Å². The summed E-state index contributed by atoms with van der Waals surface area (Å²) >= 11 is 0. The van der Waals surface area contributed by atoms with Crippen LogP contribution in [0.15, 0.2) is 12.5 Å². The van der Waals surface area contributed by atoms with Crippen LogP contribution in [0.25, 0.3) is 0 Å². The Hall–Kier alpha value is -2.58. The number of alkyl carbamates (subject to hydrolysis) is 1. The van der Waals surface area contributed by atoms with E-state index >= 15 is 0 Å². The van der Waals surface area contributed by atoms with E-state index in [1.165, 1.54) is 13.4 Å². The van der Waals surface area contributed by atoms with Crippen molar-refractivity contribution in [1.29, 1.82) is 0 Å². The molecule has 9 nitrogen and oxygen atoms in total. The summed E-state index contributed by atoms with van der Waals surface area (Å²) in [5.74, 6) is -1.24. The summed E-state index contributed by atoms with van der Waals surface area (Å²) in [6.45, 7) is 8.96. The van der Waals surface area contributed by atoms with Gasteiger partial charge < -0.3 is 25.1 Å². The van der Waals surface area contributed by atoms with Crippen LogP contribution >= 0.6 is 0 Å². The minimum atomic E-state index is -0.919. The van der Waals surface area contributed by atoms with E-state index in [0.717, 1.165) is 0 Å². The molecule has 0 aromatic carbocycles. The highest BCUT2D eigenvalue weighted by molar-refractivity contribution is 5.90. The summed E-state index contributed by atoms with van der Waals surface area (Å²) in [6, 6.07) is -1.77. The molecule has 0 aliphatic rings. The molecule has 1 rings (SSSR count). The fourth-order valence-electron chi connectivity index (χ4n) is 2.35. The van der Waals surface area contributed by atoms with Crippen LogP contribution in [0.3, 0.4) is 0 Å². The normalized spacial score (nSPS) is 14.6. The second kappa shape index (κ2) is 9.94. The maximum absolute atomic E-state index is 12.8. The first kappa shape index (κ1) is 22.5. The van der Waals surface area contributed by atoms with Gasteiger partial charge in [0, 0.05) is 12.6 Å². The van der Waals surface area contributed by atoms with E-state index in [2.05, 4.69) is 20.6 Å². The van der Waals surface area contributed by atoms with E-state index in [0.29, 0.717) is 12.1 Å². The maximum atomic E-state index is 12.8. The Morgan fingerprint density at radius 2 is 1.93 bits per heavy atom. The number of ether oxygens (including phenoxy) is 2. The van der Waals surface area contributed by atoms with Crippen LogP contribution in [0.4, 0.5) is 4.79 Å². The fourth-order valence-corrected chi connectivity index (χ4v) is 2.35. The molecule has 1 aromatic heterocycles. The topological polar surface area (TPSA) is 122 Å². The molecule has 0 saturated carbocycles. The summed E-state index contributed by atoms with van der Waals surface area (Å²) < 4.78 is 10.0. The molecule has 0 spiro atoms. The number of rotatable bonds is 8. The molecule has 3 N–H and O–H groups in total. The van der Waals surface area contributed by atoms with Crippen molar-refractivity contribution >= 4 is 18.0 Å². The van der Waals surface area contributed by atoms with E-state index in [-0.39, 0.29) is 12.3 Å². The standard InChI is InChI=1S/C18H30N4O5/c1-7-11(2)14(22-17(25)27-18(3,4)5)15(23)21-13(16(24)26-6)8-12-9-19-10-20-12/h9-11,13-14H,7-8H2,1-6H3,(H,19,20)(H,21,23)(H,22,25)/t11-,13-,14-/m0/s1. The van der Waals surface area contributed by atoms with Crippen molar-refractivity contribution in [1.82, 2.24) is 20.6 Å². The third-order valence-corrected chi connectivity index (χ3v) is 3.94. The zero-order valence-electron chi connectivity index (χ0n) is 16.8. The number of carbonyl (C=O) groups excluding carboxylic acids is 3. The number of aromatic amines is 1. The van der Waals surface area contributed by atoms with Crippen LogP contribution < -0.4 is 10.6 Å². The van der Waals surface area contributed by atoms with Crippen LogP contribution in [-0.2, 0) is 25.5 Å². The molecule has 0 unspecified atom stereocenters. The Morgan fingerprint density at radius 1 is 1.26 bits per heavy atom. The zero-order chi connectivity index (χ0) is 20.6. The van der Waals surface area contributed by atoms with Crippen molar-refractivity contribution in [3.63, 3.8) is 0 Å². The highest BCUT2D eigenvalue weighted by atomic mass is 16.6. The first-order valence-electron chi connectivity index (χ1n) is 8.92. The van der Waals surface area contributed by atoms with E-state index in [9.17, 15) is 14.4 Å². The smallest absolute Gasteiger partial charge is 0.408 e. The van der Waals surface area contributed by atoms with Gasteiger partial charge in [-0.15, -0.1) is 0 Å². The number of nitrogens with zero attached hydrogens (tertiary/aromatic N) is 1. The lowest BCUT2D eigenvalue weighted by atomic mass is 9.98. The molecule has 1 aromatic rings. The number of esters is 1. The lowest BCUT2D eigenvalue weighted by Crippen LogP contribution is -2.55. The van der Waals surface area contributed by atoms with Gasteiger partial charge in [0.2, 0.25) is 5.91 Å². The average Bonchev–Trinajstić information content (AvgIpc) is 3.09. The molecule has 1 heterocycles. The van der Waals surface area contributed by atoms with Crippen molar-refractivity contribution in [2.75, 3.05) is 7.11 Å². The summed E-state index contributed by atoms with van der Waals surface area (Å²) in [5, 5.41) is 5.25. The van der Waals surface area contributed by atoms with Gasteiger partial charge in [0.25, 0.3) is 0 Å². The average molecular weight is 382 g/mol. The van der Waals surface area contributed by atoms with Crippen molar-refractivity contribution in [3.8, 4) is 0 Å². The molecule has 152 valence electrons. The molecule has 2 amide bonds. The lowest BCUT2D eigenvalue weighted by molar-refractivity contribution is -0.145. The number of hydrogen-bond donors (Lipinski definition) is 3. The quantitative estimate of drug-likeness (QED) is 0.586. The molecule has 0 bridgehead atoms. The monoisotopic (exact) mass is 382 g/mol. The maximum Gasteiger partial charge on any atom is 0.408 e. The summed E-state index contributed by atoms with van der Waals surface area (Å²) in [7, 11) is 1.25. The molecule has 3 atom stereocenters. The number of hydrogen-bond acceptors (Lipinski definition) is 6. The lowest BCUT2D eigenvalue weighted by Gasteiger charge is -2.27. The number of H-pyrrole nitrogens is 1. The number of imidazole rings is 1. The van der Waals surface area contributed by atoms with Gasteiger partial charge in [-0.2, -0.15) is 0 Å². The number of aromatic nitrogens is 2. The predicted octanol–water partition coefficient (Wildman–Crippen LogP) is 1.55. The van der Waals surface area contributed by atoms with Gasteiger partial charge >= 0.3 is 12.1 Å². The summed E-state index contributed by atoms with van der Waals surface area (Å²) in [5.41, 5.74) is -0.0828. The Labute approximate surface area is 159 Å². The first-order valence-corrected chi connectivity index (χ1v) is 8.92. The first-order chi connectivity index (χ1) is 12.6. The second-order valence-corrected chi connectivity index (χ2v) is 7.36. The Kier molecular flexibility index (Phi) is 8.27. The van der Waals surface area contributed by atoms with Crippen molar-refractivity contribution in [2.45, 2.75) is 65.1 Å². The predicted molar refractivity (Wildman–Crippen MR) is 98.9 cm³/mol. The number of amides is 2. The largest absolute Gasteiger partial charge is 0.467 e. The van der Waals surface area contributed by atoms with Crippen LogP contribution in [0.1, 0.15) is 46.7 Å². The minimum Gasteiger partial charge on any atom is -0.467 e. The third kappa shape index (κ3) is 7.67. The zero-order valence-corrected chi connectivity index (χ0v) is 16.8. The fraction of sp³-hybridized carbons (Fsp3) is 0.667. The van der Waals surface area contributed by atoms with Gasteiger partial charge in [0.05, 0.1) is 19.1 Å². The molecule has 0 aliphatic heterocycles. The molecule has 0 saturated heterocycles. The summed E-state index contributed by atoms with van der Waals surface area (Å²) in [6.07, 6.45) is 3.24. The number of carbonyl (C=O) groups is 3. The summed E-state index contributed by atoms with van der Waals surface area (Å²) in [4.78, 5) is 43.8. The molecule has 27 heavy (non-hydrogen) atoms. The molecule has 0 fully saturated rings. The Balaban J connectivity index is 2.88. The van der Waals surface area contributed by atoms with Gasteiger partial charge in [0.15, 0.2) is 0 Å². The SMILES string of the molecule is CC[C@H](C)[C@H](NC(=O)OC(C)(C)C)C(=O)N[C@@H](Cc1c[nH]cn1)C(=O)OC. The van der Waals surface area contributed by atoms with Gasteiger partial charge in [-0.3, -0.25) is 4.79 Å². The van der Waals surface area contributed by atoms with Gasteiger partial charge in [-0.25, -0.2) is 14.6 Å². The van der Waals surface area contributed by atoms with Crippen LogP contribution in [0.2, 0.25) is 0 Å². The van der Waals surface area contributed by atoms with E-state index in [4.69, 9.17) is 9.47 Å². The van der Waals surface area contributed by atoms with Gasteiger partial charge in [-0.05, 0) is 26.7 Å². The van der Waals surface area contributed by atoms with E-state index < -0.39 is 35.7 Å². The van der Waals surface area contributed by atoms with Gasteiger partial charge in [0.1, 0.15) is 17.7 Å². The van der Waals surface area contributed by atoms with Crippen molar-refractivity contribution in [3.05, 3.63) is 18.2 Å². The number of nitrogens with one attached hydrogen (secondary N) is 3. The highest BCUT2D eigenvalue weighted by Gasteiger charge is 2.32. The van der Waals surface area contributed by atoms with Crippen LogP contribution in [0.5, 0.6) is 0 Å². The molecular formula is C18H30N4O5. The van der Waals surface area contributed by atoms with Crippen molar-refractivity contribution in [2.24, 2.45) is 5.92 Å². The van der Waals surface area contributed by atoms with Crippen LogP contribution in [0, 0.1) is 5.92 Å². The molecule has 0 aliphatic carbocycles. The third-order valence-electron chi connectivity index (χ3n) is 3.94. The Bertz CT molecular complexity index is 624. The van der Waals surface area contributed by atoms with Crippen molar-refractivity contribution < 1.29 is 23.9 Å². The van der Waals surface area contributed by atoms with Gasteiger partial charge in [-0.1, -0.05) is 20.3 Å².